The van der Waals surface area contributed by atoms with Crippen LogP contribution in [0, 0.1) is 0 Å². The van der Waals surface area contributed by atoms with Gasteiger partial charge in [0.1, 0.15) is 0 Å². The standard InChI is InChI=1S/C13H19N3O2S2/c1-10(15-16-13(19)20-3)12-8-11(4-5-14-12)9-18-7-6-17-2/h4-5,8H,6-7,9H2,1-3H3,(H,16,19)/b15-10+. The summed E-state index contributed by atoms with van der Waals surface area (Å²) in [4.78, 5) is 4.29. The van der Waals surface area contributed by atoms with Crippen LogP contribution in [-0.2, 0) is 16.1 Å². The van der Waals surface area contributed by atoms with Crippen molar-refractivity contribution in [2.24, 2.45) is 5.10 Å². The molecule has 0 saturated heterocycles. The summed E-state index contributed by atoms with van der Waals surface area (Å²) in [5.41, 5.74) is 5.43. The first-order chi connectivity index (χ1) is 9.67. The molecule has 0 fully saturated rings. The van der Waals surface area contributed by atoms with Gasteiger partial charge in [0, 0.05) is 13.3 Å². The predicted molar refractivity (Wildman–Crippen MR) is 87.2 cm³/mol. The Morgan fingerprint density at radius 2 is 2.30 bits per heavy atom. The van der Waals surface area contributed by atoms with Gasteiger partial charge in [-0.15, -0.1) is 0 Å². The lowest BCUT2D eigenvalue weighted by Gasteiger charge is -2.06. The molecule has 0 aliphatic carbocycles. The van der Waals surface area contributed by atoms with Crippen LogP contribution < -0.4 is 5.43 Å². The zero-order chi connectivity index (χ0) is 14.8. The van der Waals surface area contributed by atoms with Crippen molar-refractivity contribution in [1.82, 2.24) is 10.4 Å². The third kappa shape index (κ3) is 6.42. The topological polar surface area (TPSA) is 55.7 Å². The van der Waals surface area contributed by atoms with Crippen LogP contribution >= 0.6 is 24.0 Å². The lowest BCUT2D eigenvalue weighted by atomic mass is 10.2. The van der Waals surface area contributed by atoms with E-state index in [2.05, 4.69) is 15.5 Å². The van der Waals surface area contributed by atoms with E-state index in [1.807, 2.05) is 25.3 Å². The number of pyridine rings is 1. The lowest BCUT2D eigenvalue weighted by molar-refractivity contribution is 0.0616. The van der Waals surface area contributed by atoms with Gasteiger partial charge in [0.2, 0.25) is 0 Å². The molecule has 0 unspecified atom stereocenters. The average Bonchev–Trinajstić information content (AvgIpc) is 2.49. The summed E-state index contributed by atoms with van der Waals surface area (Å²) >= 11 is 6.47. The first kappa shape index (κ1) is 17.0. The second-order valence-electron chi connectivity index (χ2n) is 3.90. The quantitative estimate of drug-likeness (QED) is 0.360. The molecule has 0 aliphatic heterocycles. The molecule has 0 spiro atoms. The highest BCUT2D eigenvalue weighted by Gasteiger charge is 2.02. The number of hydrogen-bond donors (Lipinski definition) is 1. The van der Waals surface area contributed by atoms with Gasteiger partial charge in [0.05, 0.1) is 31.2 Å². The Bertz CT molecular complexity index is 467. The monoisotopic (exact) mass is 313 g/mol. The molecule has 5 nitrogen and oxygen atoms in total. The van der Waals surface area contributed by atoms with Crippen LogP contribution in [0.15, 0.2) is 23.4 Å². The number of ether oxygens (including phenoxy) is 2. The highest BCUT2D eigenvalue weighted by molar-refractivity contribution is 8.22. The van der Waals surface area contributed by atoms with Gasteiger partial charge in [-0.3, -0.25) is 10.4 Å². The van der Waals surface area contributed by atoms with E-state index in [0.29, 0.717) is 24.1 Å². The SMILES string of the molecule is COCCOCc1ccnc(/C(C)=N/NC(=S)SC)c1. The number of nitrogens with zero attached hydrogens (tertiary/aromatic N) is 2. The third-order valence-electron chi connectivity index (χ3n) is 2.40. The van der Waals surface area contributed by atoms with E-state index in [1.165, 1.54) is 11.8 Å². The van der Waals surface area contributed by atoms with Crippen molar-refractivity contribution in [1.29, 1.82) is 0 Å². The van der Waals surface area contributed by atoms with E-state index in [1.54, 1.807) is 13.3 Å². The van der Waals surface area contributed by atoms with Gasteiger partial charge in [-0.25, -0.2) is 0 Å². The summed E-state index contributed by atoms with van der Waals surface area (Å²) in [5, 5.41) is 4.20. The minimum absolute atomic E-state index is 0.531. The molecule has 0 aromatic carbocycles. The average molecular weight is 313 g/mol. The van der Waals surface area contributed by atoms with E-state index >= 15 is 0 Å². The molecule has 1 N–H and O–H groups in total. The molecule has 20 heavy (non-hydrogen) atoms. The van der Waals surface area contributed by atoms with Crippen LogP contribution in [0.25, 0.3) is 0 Å². The minimum atomic E-state index is 0.531. The van der Waals surface area contributed by atoms with Crippen molar-refractivity contribution in [2.45, 2.75) is 13.5 Å². The first-order valence-electron chi connectivity index (χ1n) is 6.07. The second kappa shape index (κ2) is 9.82. The Labute approximate surface area is 129 Å². The first-order valence-corrected chi connectivity index (χ1v) is 7.71. The Hall–Kier alpha value is -1.02. The summed E-state index contributed by atoms with van der Waals surface area (Å²) in [7, 11) is 1.65. The summed E-state index contributed by atoms with van der Waals surface area (Å²) in [6.45, 7) is 3.58. The van der Waals surface area contributed by atoms with E-state index in [-0.39, 0.29) is 0 Å². The number of nitrogens with one attached hydrogen (secondary N) is 1. The maximum atomic E-state index is 5.48. The fraction of sp³-hybridized carbons (Fsp3) is 0.462. The summed E-state index contributed by atoms with van der Waals surface area (Å²) in [5.74, 6) is 0. The number of thioether (sulfide) groups is 1. The third-order valence-corrected chi connectivity index (χ3v) is 3.45. The molecular formula is C13H19N3O2S2. The minimum Gasteiger partial charge on any atom is -0.382 e. The van der Waals surface area contributed by atoms with Gasteiger partial charge in [-0.1, -0.05) is 24.0 Å². The van der Waals surface area contributed by atoms with Crippen LogP contribution in [-0.4, -0.2) is 41.6 Å². The highest BCUT2D eigenvalue weighted by Crippen LogP contribution is 2.05. The normalized spacial score (nSPS) is 11.4. The van der Waals surface area contributed by atoms with Crippen molar-refractivity contribution in [3.8, 4) is 0 Å². The summed E-state index contributed by atoms with van der Waals surface area (Å²) in [6.07, 6.45) is 3.65. The molecule has 0 bridgehead atoms. The number of methoxy groups -OCH3 is 1. The van der Waals surface area contributed by atoms with Gasteiger partial charge >= 0.3 is 0 Å². The molecule has 0 radical (unpaired) electrons. The van der Waals surface area contributed by atoms with Crippen molar-refractivity contribution >= 4 is 34.0 Å². The van der Waals surface area contributed by atoms with Gasteiger partial charge in [0.15, 0.2) is 4.32 Å². The van der Waals surface area contributed by atoms with Crippen LogP contribution in [0.2, 0.25) is 0 Å². The Kier molecular flexibility index (Phi) is 8.36. The van der Waals surface area contributed by atoms with Crippen molar-refractivity contribution in [3.05, 3.63) is 29.6 Å². The van der Waals surface area contributed by atoms with Crippen molar-refractivity contribution in [3.63, 3.8) is 0 Å². The molecule has 1 aromatic rings. The Balaban J connectivity index is 2.60. The van der Waals surface area contributed by atoms with Gasteiger partial charge < -0.3 is 9.47 Å². The van der Waals surface area contributed by atoms with Gasteiger partial charge in [-0.2, -0.15) is 5.10 Å². The maximum absolute atomic E-state index is 5.48. The zero-order valence-corrected chi connectivity index (χ0v) is 13.5. The fourth-order valence-corrected chi connectivity index (χ4v) is 1.51. The molecule has 110 valence electrons. The smallest absolute Gasteiger partial charge is 0.153 e. The summed E-state index contributed by atoms with van der Waals surface area (Å²) < 4.78 is 11.0. The number of hydrazone groups is 1. The molecule has 1 aromatic heterocycles. The van der Waals surface area contributed by atoms with Crippen molar-refractivity contribution < 1.29 is 9.47 Å². The Morgan fingerprint density at radius 1 is 1.50 bits per heavy atom. The highest BCUT2D eigenvalue weighted by atomic mass is 32.2. The molecule has 0 amide bonds. The molecule has 0 aliphatic rings. The van der Waals surface area contributed by atoms with Gasteiger partial charge in [0.25, 0.3) is 0 Å². The van der Waals surface area contributed by atoms with E-state index in [4.69, 9.17) is 21.7 Å². The molecule has 1 heterocycles. The van der Waals surface area contributed by atoms with Crippen LogP contribution in [0.5, 0.6) is 0 Å². The number of thiocarbonyl (C=S) groups is 1. The zero-order valence-electron chi connectivity index (χ0n) is 11.9. The Morgan fingerprint density at radius 3 is 3.00 bits per heavy atom. The molecule has 0 saturated carbocycles. The second-order valence-corrected chi connectivity index (χ2v) is 5.38. The van der Waals surface area contributed by atoms with E-state index in [9.17, 15) is 0 Å². The maximum Gasteiger partial charge on any atom is 0.153 e. The van der Waals surface area contributed by atoms with Crippen LogP contribution in [0.4, 0.5) is 0 Å². The lowest BCUT2D eigenvalue weighted by Crippen LogP contribution is -2.14. The van der Waals surface area contributed by atoms with Gasteiger partial charge in [-0.05, 0) is 30.9 Å². The number of hydrogen-bond acceptors (Lipinski definition) is 6. The number of rotatable bonds is 7. The molecular weight excluding hydrogens is 294 g/mol. The van der Waals surface area contributed by atoms with Crippen LogP contribution in [0.3, 0.4) is 0 Å². The van der Waals surface area contributed by atoms with E-state index < -0.39 is 0 Å². The largest absolute Gasteiger partial charge is 0.382 e. The fourth-order valence-electron chi connectivity index (χ4n) is 1.33. The summed E-state index contributed by atoms with van der Waals surface area (Å²) in [6, 6.07) is 3.87. The molecule has 7 heteroatoms. The predicted octanol–water partition coefficient (Wildman–Crippen LogP) is 2.21. The molecule has 1 rings (SSSR count). The number of aromatic nitrogens is 1. The van der Waals surface area contributed by atoms with E-state index in [0.717, 1.165) is 17.0 Å². The van der Waals surface area contributed by atoms with Crippen molar-refractivity contribution in [2.75, 3.05) is 26.6 Å². The molecule has 0 atom stereocenters. The van der Waals surface area contributed by atoms with Crippen LogP contribution in [0.1, 0.15) is 18.2 Å².